The number of alkyl halides is 3. The summed E-state index contributed by atoms with van der Waals surface area (Å²) < 4.78 is 63.6. The SMILES string of the molecule is C[C@H](CO)Oc1cc(F)cc2ccc(-c3nnc4ccc([C@@H](N5CC[C@H](N)C5)C(F)(F)F)cn34)nc12.Cl.Cl. The third kappa shape index (κ3) is 5.79. The van der Waals surface area contributed by atoms with E-state index in [0.717, 1.165) is 0 Å². The highest BCUT2D eigenvalue weighted by Crippen LogP contribution is 2.39. The molecule has 1 saturated heterocycles. The summed E-state index contributed by atoms with van der Waals surface area (Å²) in [4.78, 5) is 5.90. The van der Waals surface area contributed by atoms with Crippen molar-refractivity contribution in [2.75, 3.05) is 19.7 Å². The van der Waals surface area contributed by atoms with E-state index in [0.29, 0.717) is 28.7 Å². The zero-order valence-corrected chi connectivity index (χ0v) is 21.7. The predicted octanol–water partition coefficient (Wildman–Crippen LogP) is 4.32. The van der Waals surface area contributed by atoms with Crippen LogP contribution in [0.5, 0.6) is 5.75 Å². The van der Waals surface area contributed by atoms with Gasteiger partial charge in [-0.1, -0.05) is 12.1 Å². The second-order valence-corrected chi connectivity index (χ2v) is 8.99. The van der Waals surface area contributed by atoms with E-state index in [1.807, 2.05) is 0 Å². The third-order valence-corrected chi connectivity index (χ3v) is 6.21. The number of pyridine rings is 2. The molecule has 0 spiro atoms. The molecule has 14 heteroatoms. The lowest BCUT2D eigenvalue weighted by molar-refractivity contribution is -0.183. The molecule has 1 fully saturated rings. The van der Waals surface area contributed by atoms with Gasteiger partial charge >= 0.3 is 6.18 Å². The quantitative estimate of drug-likeness (QED) is 0.329. The lowest BCUT2D eigenvalue weighted by atomic mass is 10.1. The average molecular weight is 577 g/mol. The van der Waals surface area contributed by atoms with Crippen LogP contribution in [0, 0.1) is 5.82 Å². The molecule has 3 atom stereocenters. The number of ether oxygens (including phenoxy) is 1. The summed E-state index contributed by atoms with van der Waals surface area (Å²) in [5, 5.41) is 18.0. The number of fused-ring (bicyclic) bond motifs is 2. The number of aliphatic hydroxyl groups is 1. The Hall–Kier alpha value is -2.77. The highest BCUT2D eigenvalue weighted by atomic mass is 35.5. The van der Waals surface area contributed by atoms with Crippen LogP contribution < -0.4 is 10.5 Å². The van der Waals surface area contributed by atoms with Crippen molar-refractivity contribution in [2.24, 2.45) is 5.73 Å². The summed E-state index contributed by atoms with van der Waals surface area (Å²) in [7, 11) is 0. The van der Waals surface area contributed by atoms with Crippen LogP contribution in [0.15, 0.2) is 42.6 Å². The number of aromatic nitrogens is 4. The summed E-state index contributed by atoms with van der Waals surface area (Å²) in [5.74, 6) is -0.182. The van der Waals surface area contributed by atoms with Crippen LogP contribution in [0.4, 0.5) is 17.6 Å². The largest absolute Gasteiger partial charge is 0.486 e. The zero-order valence-electron chi connectivity index (χ0n) is 20.1. The van der Waals surface area contributed by atoms with Gasteiger partial charge in [0.15, 0.2) is 11.5 Å². The molecule has 3 N–H and O–H groups in total. The molecule has 0 bridgehead atoms. The molecule has 0 saturated carbocycles. The van der Waals surface area contributed by atoms with Gasteiger partial charge in [-0.2, -0.15) is 13.2 Å². The average Bonchev–Trinajstić information content (AvgIpc) is 3.44. The maximum absolute atomic E-state index is 14.1. The van der Waals surface area contributed by atoms with Crippen molar-refractivity contribution in [2.45, 2.75) is 37.7 Å². The highest BCUT2D eigenvalue weighted by molar-refractivity contribution is 5.86. The van der Waals surface area contributed by atoms with Crippen LogP contribution in [0.1, 0.15) is 24.9 Å². The minimum atomic E-state index is -4.51. The summed E-state index contributed by atoms with van der Waals surface area (Å²) in [6, 6.07) is 6.41. The Balaban J connectivity index is 0.00000200. The predicted molar refractivity (Wildman–Crippen MR) is 138 cm³/mol. The Labute approximate surface area is 227 Å². The lowest BCUT2D eigenvalue weighted by Gasteiger charge is -2.30. The van der Waals surface area contributed by atoms with E-state index in [9.17, 15) is 22.7 Å². The normalized spacial score (nSPS) is 17.7. The summed E-state index contributed by atoms with van der Waals surface area (Å²) in [6.45, 7) is 1.74. The number of nitrogens with zero attached hydrogens (tertiary/aromatic N) is 5. The molecule has 0 amide bonds. The number of hydrogen-bond donors (Lipinski definition) is 2. The molecule has 4 heterocycles. The molecule has 38 heavy (non-hydrogen) atoms. The minimum Gasteiger partial charge on any atom is -0.486 e. The first-order valence-electron chi connectivity index (χ1n) is 11.4. The van der Waals surface area contributed by atoms with Gasteiger partial charge in [-0.15, -0.1) is 35.0 Å². The molecule has 0 unspecified atom stereocenters. The lowest BCUT2D eigenvalue weighted by Crippen LogP contribution is -2.38. The Morgan fingerprint density at radius 2 is 1.92 bits per heavy atom. The van der Waals surface area contributed by atoms with Crippen LogP contribution in [-0.4, -0.2) is 67.6 Å². The maximum atomic E-state index is 14.1. The Kier molecular flexibility index (Phi) is 9.04. The number of nitrogens with two attached hydrogens (primary N) is 1. The van der Waals surface area contributed by atoms with Crippen molar-refractivity contribution < 1.29 is 27.4 Å². The molecular formula is C24H26Cl2F4N6O2. The van der Waals surface area contributed by atoms with Crippen LogP contribution in [0.2, 0.25) is 0 Å². The molecular weight excluding hydrogens is 551 g/mol. The molecule has 4 aromatic rings. The van der Waals surface area contributed by atoms with E-state index < -0.39 is 24.1 Å². The van der Waals surface area contributed by atoms with Gasteiger partial charge in [-0.3, -0.25) is 9.30 Å². The molecule has 1 aliphatic rings. The number of benzene rings is 1. The number of rotatable bonds is 6. The van der Waals surface area contributed by atoms with E-state index in [-0.39, 0.29) is 67.7 Å². The number of halogens is 6. The van der Waals surface area contributed by atoms with Crippen LogP contribution in [-0.2, 0) is 0 Å². The molecule has 1 aromatic carbocycles. The first kappa shape index (κ1) is 29.8. The second-order valence-electron chi connectivity index (χ2n) is 8.99. The van der Waals surface area contributed by atoms with Crippen LogP contribution in [0.25, 0.3) is 28.1 Å². The Morgan fingerprint density at radius 1 is 1.16 bits per heavy atom. The van der Waals surface area contributed by atoms with Crippen molar-refractivity contribution in [3.63, 3.8) is 0 Å². The number of likely N-dealkylation sites (tertiary alicyclic amines) is 1. The van der Waals surface area contributed by atoms with Gasteiger partial charge in [0, 0.05) is 36.8 Å². The first-order valence-corrected chi connectivity index (χ1v) is 11.4. The van der Waals surface area contributed by atoms with Crippen molar-refractivity contribution in [1.82, 2.24) is 24.5 Å². The van der Waals surface area contributed by atoms with E-state index in [1.165, 1.54) is 39.8 Å². The standard InChI is InChI=1S/C24H24F4N6O2.2ClH/c1-13(12-35)36-19-9-16(25)8-14-2-4-18(30-21(14)19)23-32-31-20-5-3-15(10-34(20)23)22(24(26,27)28)33-7-6-17(29)11-33;;/h2-5,8-10,13,17,22,35H,6-7,11-12,29H2,1H3;2*1H/t13-,17+,22-;;/m1../s1. The topological polar surface area (TPSA) is 102 Å². The van der Waals surface area contributed by atoms with Gasteiger partial charge in [0.05, 0.1) is 6.61 Å². The van der Waals surface area contributed by atoms with Crippen LogP contribution >= 0.6 is 24.8 Å². The summed E-state index contributed by atoms with van der Waals surface area (Å²) in [6.07, 6.45) is -3.25. The smallest absolute Gasteiger partial charge is 0.408 e. The fourth-order valence-corrected chi connectivity index (χ4v) is 4.54. The fourth-order valence-electron chi connectivity index (χ4n) is 4.54. The number of aliphatic hydroxyl groups excluding tert-OH is 1. The molecule has 8 nitrogen and oxygen atoms in total. The molecule has 206 valence electrons. The van der Waals surface area contributed by atoms with Gasteiger partial charge in [0.2, 0.25) is 0 Å². The van der Waals surface area contributed by atoms with Gasteiger partial charge < -0.3 is 15.6 Å². The van der Waals surface area contributed by atoms with Crippen molar-refractivity contribution in [1.29, 1.82) is 0 Å². The van der Waals surface area contributed by atoms with E-state index in [1.54, 1.807) is 19.1 Å². The zero-order chi connectivity index (χ0) is 25.6. The minimum absolute atomic E-state index is 0. The summed E-state index contributed by atoms with van der Waals surface area (Å²) in [5.41, 5.74) is 6.89. The monoisotopic (exact) mass is 576 g/mol. The fraction of sp³-hybridized carbons (Fsp3) is 0.375. The molecule has 0 aliphatic carbocycles. The van der Waals surface area contributed by atoms with E-state index in [4.69, 9.17) is 10.5 Å². The molecule has 5 rings (SSSR count). The highest BCUT2D eigenvalue weighted by Gasteiger charge is 2.46. The maximum Gasteiger partial charge on any atom is 0.408 e. The first-order chi connectivity index (χ1) is 17.1. The third-order valence-electron chi connectivity index (χ3n) is 6.21. The Morgan fingerprint density at radius 3 is 2.58 bits per heavy atom. The summed E-state index contributed by atoms with van der Waals surface area (Å²) >= 11 is 0. The molecule has 3 aromatic heterocycles. The van der Waals surface area contributed by atoms with Gasteiger partial charge in [-0.25, -0.2) is 9.37 Å². The van der Waals surface area contributed by atoms with Gasteiger partial charge in [0.25, 0.3) is 0 Å². The molecule has 1 aliphatic heterocycles. The van der Waals surface area contributed by atoms with Crippen molar-refractivity contribution in [3.8, 4) is 17.3 Å². The second kappa shape index (κ2) is 11.5. The van der Waals surface area contributed by atoms with E-state index in [2.05, 4.69) is 15.2 Å². The van der Waals surface area contributed by atoms with Crippen molar-refractivity contribution >= 4 is 41.4 Å². The van der Waals surface area contributed by atoms with E-state index >= 15 is 0 Å². The van der Waals surface area contributed by atoms with Crippen molar-refractivity contribution in [3.05, 3.63) is 54.0 Å². The number of hydrogen-bond acceptors (Lipinski definition) is 7. The molecule has 0 radical (unpaired) electrons. The Bertz CT molecular complexity index is 1420. The van der Waals surface area contributed by atoms with Gasteiger partial charge in [-0.05, 0) is 37.1 Å². The van der Waals surface area contributed by atoms with Gasteiger partial charge in [0.1, 0.15) is 34.9 Å². The van der Waals surface area contributed by atoms with Crippen LogP contribution in [0.3, 0.4) is 0 Å².